The summed E-state index contributed by atoms with van der Waals surface area (Å²) < 4.78 is 0. The SMILES string of the molecule is CC(C)C[C@@H](NC(=O)/C=C/c1cccc(N)c1)C(=O)O. The summed E-state index contributed by atoms with van der Waals surface area (Å²) in [6, 6.07) is 6.20. The zero-order valence-electron chi connectivity index (χ0n) is 11.7. The van der Waals surface area contributed by atoms with E-state index in [0.29, 0.717) is 12.1 Å². The van der Waals surface area contributed by atoms with Crippen molar-refractivity contribution < 1.29 is 14.7 Å². The van der Waals surface area contributed by atoms with Crippen LogP contribution >= 0.6 is 0 Å². The molecule has 0 spiro atoms. The lowest BCUT2D eigenvalue weighted by atomic mass is 10.0. The van der Waals surface area contributed by atoms with Gasteiger partial charge in [0, 0.05) is 11.8 Å². The number of nitrogens with one attached hydrogen (secondary N) is 1. The van der Waals surface area contributed by atoms with Crippen molar-refractivity contribution in [1.29, 1.82) is 0 Å². The van der Waals surface area contributed by atoms with Gasteiger partial charge in [-0.2, -0.15) is 0 Å². The Morgan fingerprint density at radius 1 is 1.40 bits per heavy atom. The van der Waals surface area contributed by atoms with E-state index >= 15 is 0 Å². The molecule has 5 heteroatoms. The lowest BCUT2D eigenvalue weighted by Gasteiger charge is -2.15. The van der Waals surface area contributed by atoms with E-state index in [1.54, 1.807) is 24.3 Å². The summed E-state index contributed by atoms with van der Waals surface area (Å²) in [5, 5.41) is 11.5. The maximum Gasteiger partial charge on any atom is 0.326 e. The van der Waals surface area contributed by atoms with E-state index in [4.69, 9.17) is 10.8 Å². The highest BCUT2D eigenvalue weighted by Crippen LogP contribution is 2.08. The molecule has 1 rings (SSSR count). The Balaban J connectivity index is 2.63. The van der Waals surface area contributed by atoms with Crippen molar-refractivity contribution in [3.05, 3.63) is 35.9 Å². The summed E-state index contributed by atoms with van der Waals surface area (Å²) in [6.07, 6.45) is 3.30. The average Bonchev–Trinajstić information content (AvgIpc) is 2.35. The highest BCUT2D eigenvalue weighted by atomic mass is 16.4. The molecule has 0 aromatic heterocycles. The minimum Gasteiger partial charge on any atom is -0.480 e. The molecule has 1 amide bonds. The van der Waals surface area contributed by atoms with Crippen LogP contribution in [0.5, 0.6) is 0 Å². The Morgan fingerprint density at radius 2 is 2.10 bits per heavy atom. The maximum atomic E-state index is 11.7. The van der Waals surface area contributed by atoms with Gasteiger partial charge in [0.15, 0.2) is 0 Å². The van der Waals surface area contributed by atoms with Crippen molar-refractivity contribution in [2.45, 2.75) is 26.3 Å². The van der Waals surface area contributed by atoms with Crippen LogP contribution in [0.3, 0.4) is 0 Å². The first-order chi connectivity index (χ1) is 9.38. The predicted octanol–water partition coefficient (Wildman–Crippen LogP) is 1.90. The first kappa shape index (κ1) is 15.8. The van der Waals surface area contributed by atoms with E-state index < -0.39 is 17.9 Å². The van der Waals surface area contributed by atoms with Crippen molar-refractivity contribution in [3.63, 3.8) is 0 Å². The molecule has 0 unspecified atom stereocenters. The van der Waals surface area contributed by atoms with Crippen LogP contribution in [-0.4, -0.2) is 23.0 Å². The lowest BCUT2D eigenvalue weighted by Crippen LogP contribution is -2.40. The van der Waals surface area contributed by atoms with Crippen molar-refractivity contribution in [1.82, 2.24) is 5.32 Å². The van der Waals surface area contributed by atoms with E-state index in [0.717, 1.165) is 5.56 Å². The van der Waals surface area contributed by atoms with Gasteiger partial charge >= 0.3 is 5.97 Å². The molecule has 1 aromatic rings. The monoisotopic (exact) mass is 276 g/mol. The van der Waals surface area contributed by atoms with Crippen LogP contribution in [0.25, 0.3) is 6.08 Å². The molecule has 0 aliphatic rings. The molecule has 0 fully saturated rings. The van der Waals surface area contributed by atoms with Crippen molar-refractivity contribution in [3.8, 4) is 0 Å². The van der Waals surface area contributed by atoms with E-state index in [1.165, 1.54) is 6.08 Å². The molecule has 0 aliphatic carbocycles. The maximum absolute atomic E-state index is 11.7. The van der Waals surface area contributed by atoms with Gasteiger partial charge in [-0.1, -0.05) is 26.0 Å². The third kappa shape index (κ3) is 5.56. The number of carboxylic acid groups (broad SMARTS) is 1. The second kappa shape index (κ2) is 7.33. The zero-order chi connectivity index (χ0) is 15.1. The largest absolute Gasteiger partial charge is 0.480 e. The van der Waals surface area contributed by atoms with Crippen molar-refractivity contribution in [2.24, 2.45) is 5.92 Å². The number of nitrogen functional groups attached to an aromatic ring is 1. The molecular weight excluding hydrogens is 256 g/mol. The minimum atomic E-state index is -1.02. The van der Waals surface area contributed by atoms with Gasteiger partial charge in [0.05, 0.1) is 0 Å². The average molecular weight is 276 g/mol. The number of hydrogen-bond donors (Lipinski definition) is 3. The number of aliphatic carboxylic acids is 1. The number of hydrogen-bond acceptors (Lipinski definition) is 3. The van der Waals surface area contributed by atoms with Gasteiger partial charge in [0.25, 0.3) is 0 Å². The summed E-state index contributed by atoms with van der Waals surface area (Å²) in [6.45, 7) is 3.81. The van der Waals surface area contributed by atoms with Crippen molar-refractivity contribution >= 4 is 23.6 Å². The molecule has 0 heterocycles. The van der Waals surface area contributed by atoms with Gasteiger partial charge in [-0.25, -0.2) is 4.79 Å². The molecule has 1 atom stereocenters. The Bertz CT molecular complexity index is 510. The number of carboxylic acids is 1. The van der Waals surface area contributed by atoms with E-state index in [1.807, 2.05) is 19.9 Å². The fourth-order valence-corrected chi connectivity index (χ4v) is 1.75. The van der Waals surface area contributed by atoms with Crippen LogP contribution in [0, 0.1) is 5.92 Å². The van der Waals surface area contributed by atoms with Gasteiger partial charge in [0.2, 0.25) is 5.91 Å². The number of nitrogens with two attached hydrogens (primary N) is 1. The normalized spacial score (nSPS) is 12.6. The summed E-state index contributed by atoms with van der Waals surface area (Å²) in [5.74, 6) is -1.26. The number of carbonyl (C=O) groups excluding carboxylic acids is 1. The first-order valence-electron chi connectivity index (χ1n) is 6.45. The number of benzene rings is 1. The Labute approximate surface area is 118 Å². The van der Waals surface area contributed by atoms with Gasteiger partial charge in [-0.05, 0) is 36.1 Å². The quantitative estimate of drug-likeness (QED) is 0.546. The second-order valence-electron chi connectivity index (χ2n) is 5.03. The molecule has 1 aromatic carbocycles. The summed E-state index contributed by atoms with van der Waals surface area (Å²) in [4.78, 5) is 22.7. The number of anilines is 1. The Morgan fingerprint density at radius 3 is 2.65 bits per heavy atom. The smallest absolute Gasteiger partial charge is 0.326 e. The molecule has 0 saturated heterocycles. The van der Waals surface area contributed by atoms with E-state index in [-0.39, 0.29) is 5.92 Å². The third-order valence-electron chi connectivity index (χ3n) is 2.66. The second-order valence-corrected chi connectivity index (χ2v) is 5.03. The van der Waals surface area contributed by atoms with Crippen LogP contribution in [0.2, 0.25) is 0 Å². The fraction of sp³-hybridized carbons (Fsp3) is 0.333. The predicted molar refractivity (Wildman–Crippen MR) is 78.9 cm³/mol. The van der Waals surface area contributed by atoms with Crippen LogP contribution in [-0.2, 0) is 9.59 Å². The fourth-order valence-electron chi connectivity index (χ4n) is 1.75. The Kier molecular flexibility index (Phi) is 5.77. The van der Waals surface area contributed by atoms with E-state index in [9.17, 15) is 9.59 Å². The third-order valence-corrected chi connectivity index (χ3v) is 2.66. The number of rotatable bonds is 6. The standard InChI is InChI=1S/C15H20N2O3/c1-10(2)8-13(15(19)20)17-14(18)7-6-11-4-3-5-12(16)9-11/h3-7,9-10,13H,8,16H2,1-2H3,(H,17,18)(H,19,20)/b7-6+/t13-/m1/s1. The molecule has 0 aliphatic heterocycles. The van der Waals surface area contributed by atoms with Gasteiger partial charge in [-0.15, -0.1) is 0 Å². The molecule has 20 heavy (non-hydrogen) atoms. The molecule has 0 bridgehead atoms. The Hall–Kier alpha value is -2.30. The van der Waals surface area contributed by atoms with E-state index in [2.05, 4.69) is 5.32 Å². The van der Waals surface area contributed by atoms with Crippen LogP contribution in [0.1, 0.15) is 25.8 Å². The molecule has 108 valence electrons. The lowest BCUT2D eigenvalue weighted by molar-refractivity contribution is -0.141. The van der Waals surface area contributed by atoms with Gasteiger partial charge in [0.1, 0.15) is 6.04 Å². The topological polar surface area (TPSA) is 92.4 Å². The summed E-state index contributed by atoms with van der Waals surface area (Å²) in [5.41, 5.74) is 7.02. The van der Waals surface area contributed by atoms with Crippen LogP contribution in [0.4, 0.5) is 5.69 Å². The molecule has 4 N–H and O–H groups in total. The van der Waals surface area contributed by atoms with Gasteiger partial charge in [-0.3, -0.25) is 4.79 Å². The molecular formula is C15H20N2O3. The van der Waals surface area contributed by atoms with Crippen LogP contribution < -0.4 is 11.1 Å². The number of carbonyl (C=O) groups is 2. The molecule has 5 nitrogen and oxygen atoms in total. The van der Waals surface area contributed by atoms with Crippen molar-refractivity contribution in [2.75, 3.05) is 5.73 Å². The highest BCUT2D eigenvalue weighted by molar-refractivity contribution is 5.94. The molecule has 0 saturated carbocycles. The van der Waals surface area contributed by atoms with Crippen LogP contribution in [0.15, 0.2) is 30.3 Å². The summed E-state index contributed by atoms with van der Waals surface area (Å²) in [7, 11) is 0. The highest BCUT2D eigenvalue weighted by Gasteiger charge is 2.19. The zero-order valence-corrected chi connectivity index (χ0v) is 11.7. The first-order valence-corrected chi connectivity index (χ1v) is 6.45. The summed E-state index contributed by atoms with van der Waals surface area (Å²) >= 11 is 0. The number of amides is 1. The van der Waals surface area contributed by atoms with Gasteiger partial charge < -0.3 is 16.2 Å². The molecule has 0 radical (unpaired) electrons. The minimum absolute atomic E-state index is 0.189.